The van der Waals surface area contributed by atoms with Crippen molar-refractivity contribution in [2.45, 2.75) is 19.4 Å². The summed E-state index contributed by atoms with van der Waals surface area (Å²) in [6, 6.07) is 14.6. The van der Waals surface area contributed by atoms with E-state index < -0.39 is 0 Å². The SMILES string of the molecule is CC(N)Cc1cc(-c2ccccc2)ccn1. The highest BCUT2D eigenvalue weighted by Crippen LogP contribution is 2.19. The molecule has 1 aromatic heterocycles. The number of aromatic nitrogens is 1. The molecule has 2 nitrogen and oxygen atoms in total. The zero-order chi connectivity index (χ0) is 11.4. The number of nitrogens with zero attached hydrogens (tertiary/aromatic N) is 1. The lowest BCUT2D eigenvalue weighted by molar-refractivity contribution is 0.722. The second kappa shape index (κ2) is 4.90. The lowest BCUT2D eigenvalue weighted by Gasteiger charge is -2.06. The second-order valence-corrected chi connectivity index (χ2v) is 4.08. The minimum Gasteiger partial charge on any atom is -0.328 e. The highest BCUT2D eigenvalue weighted by Gasteiger charge is 2.02. The molecule has 0 amide bonds. The summed E-state index contributed by atoms with van der Waals surface area (Å²) < 4.78 is 0. The van der Waals surface area contributed by atoms with Crippen LogP contribution in [-0.2, 0) is 6.42 Å². The van der Waals surface area contributed by atoms with Gasteiger partial charge in [-0.1, -0.05) is 30.3 Å². The van der Waals surface area contributed by atoms with Gasteiger partial charge in [-0.25, -0.2) is 0 Å². The Hall–Kier alpha value is -1.67. The summed E-state index contributed by atoms with van der Waals surface area (Å²) in [6.07, 6.45) is 2.67. The Morgan fingerprint density at radius 2 is 1.88 bits per heavy atom. The maximum atomic E-state index is 5.77. The number of nitrogens with two attached hydrogens (primary N) is 1. The molecule has 1 heterocycles. The summed E-state index contributed by atoms with van der Waals surface area (Å²) in [7, 11) is 0. The van der Waals surface area contributed by atoms with Crippen molar-refractivity contribution in [3.63, 3.8) is 0 Å². The van der Waals surface area contributed by atoms with E-state index >= 15 is 0 Å². The number of benzene rings is 1. The molecule has 0 radical (unpaired) electrons. The molecule has 0 fully saturated rings. The maximum Gasteiger partial charge on any atom is 0.0425 e. The largest absolute Gasteiger partial charge is 0.328 e. The molecule has 82 valence electrons. The molecule has 2 aromatic rings. The van der Waals surface area contributed by atoms with Gasteiger partial charge in [0.2, 0.25) is 0 Å². The average Bonchev–Trinajstić information content (AvgIpc) is 2.30. The summed E-state index contributed by atoms with van der Waals surface area (Å²) in [5, 5.41) is 0. The highest BCUT2D eigenvalue weighted by atomic mass is 14.7. The van der Waals surface area contributed by atoms with Gasteiger partial charge >= 0.3 is 0 Å². The molecule has 2 heteroatoms. The third kappa shape index (κ3) is 2.67. The van der Waals surface area contributed by atoms with Crippen LogP contribution in [0, 0.1) is 0 Å². The monoisotopic (exact) mass is 212 g/mol. The smallest absolute Gasteiger partial charge is 0.0425 e. The van der Waals surface area contributed by atoms with Crippen LogP contribution < -0.4 is 5.73 Å². The first-order valence-corrected chi connectivity index (χ1v) is 5.51. The van der Waals surface area contributed by atoms with Crippen LogP contribution in [0.2, 0.25) is 0 Å². The van der Waals surface area contributed by atoms with Gasteiger partial charge in [0.25, 0.3) is 0 Å². The van der Waals surface area contributed by atoms with Gasteiger partial charge in [-0.15, -0.1) is 0 Å². The fourth-order valence-corrected chi connectivity index (χ4v) is 1.73. The predicted molar refractivity (Wildman–Crippen MR) is 67.0 cm³/mol. The summed E-state index contributed by atoms with van der Waals surface area (Å²) in [4.78, 5) is 4.33. The topological polar surface area (TPSA) is 38.9 Å². The van der Waals surface area contributed by atoms with Crippen molar-refractivity contribution >= 4 is 0 Å². The van der Waals surface area contributed by atoms with E-state index in [1.165, 1.54) is 11.1 Å². The van der Waals surface area contributed by atoms with Gasteiger partial charge in [0.15, 0.2) is 0 Å². The first kappa shape index (κ1) is 10.8. The van der Waals surface area contributed by atoms with E-state index in [-0.39, 0.29) is 6.04 Å². The average molecular weight is 212 g/mol. The maximum absolute atomic E-state index is 5.77. The molecule has 1 unspecified atom stereocenters. The van der Waals surface area contributed by atoms with Crippen molar-refractivity contribution < 1.29 is 0 Å². The molecule has 0 aliphatic heterocycles. The van der Waals surface area contributed by atoms with Gasteiger partial charge in [0.05, 0.1) is 0 Å². The van der Waals surface area contributed by atoms with Crippen LogP contribution >= 0.6 is 0 Å². The molecule has 0 bridgehead atoms. The molecule has 0 spiro atoms. The van der Waals surface area contributed by atoms with E-state index in [9.17, 15) is 0 Å². The lowest BCUT2D eigenvalue weighted by Crippen LogP contribution is -2.18. The minimum absolute atomic E-state index is 0.151. The number of hydrogen-bond acceptors (Lipinski definition) is 2. The van der Waals surface area contributed by atoms with E-state index in [1.54, 1.807) is 0 Å². The second-order valence-electron chi connectivity index (χ2n) is 4.08. The Bertz CT molecular complexity index is 449. The molecule has 2 rings (SSSR count). The fraction of sp³-hybridized carbons (Fsp3) is 0.214. The molecule has 1 atom stereocenters. The van der Waals surface area contributed by atoms with Crippen molar-refractivity contribution in [3.05, 3.63) is 54.4 Å². The van der Waals surface area contributed by atoms with Gasteiger partial charge < -0.3 is 5.73 Å². The standard InChI is InChI=1S/C14H16N2/c1-11(15)9-14-10-13(7-8-16-14)12-5-3-2-4-6-12/h2-8,10-11H,9,15H2,1H3. The fourth-order valence-electron chi connectivity index (χ4n) is 1.73. The van der Waals surface area contributed by atoms with Crippen molar-refractivity contribution in [2.75, 3.05) is 0 Å². The van der Waals surface area contributed by atoms with Crippen molar-refractivity contribution in [2.24, 2.45) is 5.73 Å². The third-order valence-electron chi connectivity index (χ3n) is 2.45. The van der Waals surface area contributed by atoms with Gasteiger partial charge in [0.1, 0.15) is 0 Å². The summed E-state index contributed by atoms with van der Waals surface area (Å²) in [5.74, 6) is 0. The number of hydrogen-bond donors (Lipinski definition) is 1. The van der Waals surface area contributed by atoms with Gasteiger partial charge in [-0.2, -0.15) is 0 Å². The van der Waals surface area contributed by atoms with Crippen LogP contribution in [0.3, 0.4) is 0 Å². The van der Waals surface area contributed by atoms with Crippen molar-refractivity contribution in [1.82, 2.24) is 4.98 Å². The van der Waals surface area contributed by atoms with Gasteiger partial charge in [-0.3, -0.25) is 4.98 Å². The predicted octanol–water partition coefficient (Wildman–Crippen LogP) is 2.64. The summed E-state index contributed by atoms with van der Waals surface area (Å²) in [6.45, 7) is 2.00. The molecule has 0 aliphatic carbocycles. The normalized spacial score (nSPS) is 12.4. The zero-order valence-electron chi connectivity index (χ0n) is 9.43. The molecular formula is C14H16N2. The minimum atomic E-state index is 0.151. The van der Waals surface area contributed by atoms with E-state index in [0.29, 0.717) is 0 Å². The molecule has 1 aromatic carbocycles. The number of pyridine rings is 1. The quantitative estimate of drug-likeness (QED) is 0.849. The van der Waals surface area contributed by atoms with E-state index in [4.69, 9.17) is 5.73 Å². The van der Waals surface area contributed by atoms with Gasteiger partial charge in [-0.05, 0) is 30.2 Å². The van der Waals surface area contributed by atoms with Crippen LogP contribution in [0.1, 0.15) is 12.6 Å². The van der Waals surface area contributed by atoms with E-state index in [1.807, 2.05) is 37.4 Å². The molecular weight excluding hydrogens is 196 g/mol. The Labute approximate surface area is 96.1 Å². The summed E-state index contributed by atoms with van der Waals surface area (Å²) >= 11 is 0. The van der Waals surface area contributed by atoms with Crippen molar-refractivity contribution in [3.8, 4) is 11.1 Å². The first-order chi connectivity index (χ1) is 7.75. The van der Waals surface area contributed by atoms with E-state index in [0.717, 1.165) is 12.1 Å². The van der Waals surface area contributed by atoms with Crippen LogP contribution in [0.15, 0.2) is 48.7 Å². The van der Waals surface area contributed by atoms with Crippen LogP contribution in [0.25, 0.3) is 11.1 Å². The Kier molecular flexibility index (Phi) is 3.32. The first-order valence-electron chi connectivity index (χ1n) is 5.51. The Balaban J connectivity index is 2.29. The third-order valence-corrected chi connectivity index (χ3v) is 2.45. The zero-order valence-corrected chi connectivity index (χ0v) is 9.43. The molecule has 0 saturated carbocycles. The molecule has 0 saturated heterocycles. The van der Waals surface area contributed by atoms with Crippen molar-refractivity contribution in [1.29, 1.82) is 0 Å². The molecule has 0 aliphatic rings. The Morgan fingerprint density at radius 3 is 2.56 bits per heavy atom. The number of rotatable bonds is 3. The summed E-state index contributed by atoms with van der Waals surface area (Å²) in [5.41, 5.74) is 9.24. The Morgan fingerprint density at radius 1 is 1.12 bits per heavy atom. The van der Waals surface area contributed by atoms with Crippen LogP contribution in [0.4, 0.5) is 0 Å². The molecule has 2 N–H and O–H groups in total. The van der Waals surface area contributed by atoms with Crippen LogP contribution in [0.5, 0.6) is 0 Å². The lowest BCUT2D eigenvalue weighted by atomic mass is 10.0. The highest BCUT2D eigenvalue weighted by molar-refractivity contribution is 5.63. The van der Waals surface area contributed by atoms with Crippen LogP contribution in [-0.4, -0.2) is 11.0 Å². The molecule has 16 heavy (non-hydrogen) atoms. The van der Waals surface area contributed by atoms with E-state index in [2.05, 4.69) is 23.2 Å². The van der Waals surface area contributed by atoms with Gasteiger partial charge in [0, 0.05) is 24.4 Å².